The van der Waals surface area contributed by atoms with Crippen LogP contribution in [0, 0.1) is 6.92 Å². The summed E-state index contributed by atoms with van der Waals surface area (Å²) < 4.78 is 0. The maximum Gasteiger partial charge on any atom is 0.250 e. The first kappa shape index (κ1) is 20.9. The number of carbonyl (C=O) groups excluding carboxylic acids is 2. The average Bonchev–Trinajstić information content (AvgIpc) is 3.02. The van der Waals surface area contributed by atoms with Crippen LogP contribution in [-0.2, 0) is 16.1 Å². The van der Waals surface area contributed by atoms with Crippen LogP contribution in [0.25, 0.3) is 0 Å². The molecule has 2 amide bonds. The van der Waals surface area contributed by atoms with Crippen LogP contribution in [0.4, 0.5) is 0 Å². The Hall–Kier alpha value is -2.33. The van der Waals surface area contributed by atoms with Crippen molar-refractivity contribution in [2.24, 2.45) is 0 Å². The monoisotopic (exact) mass is 424 g/mol. The van der Waals surface area contributed by atoms with Gasteiger partial charge in [0.05, 0.1) is 0 Å². The molecule has 158 valence electrons. The molecular weight excluding hydrogens is 396 g/mol. The number of nitrogens with zero attached hydrogens (tertiary/aromatic N) is 2. The van der Waals surface area contributed by atoms with Crippen LogP contribution in [0.5, 0.6) is 0 Å². The first-order chi connectivity index (χ1) is 14.5. The van der Waals surface area contributed by atoms with Crippen molar-refractivity contribution in [2.45, 2.75) is 64.1 Å². The van der Waals surface area contributed by atoms with Crippen molar-refractivity contribution in [1.29, 1.82) is 0 Å². The number of amides is 2. The molecule has 2 fully saturated rings. The lowest BCUT2D eigenvalue weighted by Crippen LogP contribution is -2.57. The third-order valence-corrected chi connectivity index (χ3v) is 6.78. The van der Waals surface area contributed by atoms with Gasteiger partial charge in [-0.15, -0.1) is 0 Å². The molecule has 4 rings (SSSR count). The molecule has 4 nitrogen and oxygen atoms in total. The van der Waals surface area contributed by atoms with Crippen LogP contribution >= 0.6 is 11.6 Å². The van der Waals surface area contributed by atoms with Gasteiger partial charge >= 0.3 is 0 Å². The van der Waals surface area contributed by atoms with Gasteiger partial charge in [-0.3, -0.25) is 9.59 Å². The van der Waals surface area contributed by atoms with Crippen molar-refractivity contribution in [2.75, 3.05) is 6.54 Å². The molecule has 0 bridgehead atoms. The van der Waals surface area contributed by atoms with E-state index in [-0.39, 0.29) is 24.4 Å². The summed E-state index contributed by atoms with van der Waals surface area (Å²) in [5.74, 6) is 0.0294. The minimum absolute atomic E-state index is 0.00987. The summed E-state index contributed by atoms with van der Waals surface area (Å²) in [6.07, 6.45) is 6.66. The third-order valence-electron chi connectivity index (χ3n) is 6.41. The number of carbonyl (C=O) groups is 2. The van der Waals surface area contributed by atoms with Gasteiger partial charge in [0.2, 0.25) is 5.91 Å². The molecule has 0 unspecified atom stereocenters. The molecule has 0 spiro atoms. The van der Waals surface area contributed by atoms with E-state index in [2.05, 4.69) is 0 Å². The smallest absolute Gasteiger partial charge is 0.250 e. The molecule has 5 heteroatoms. The van der Waals surface area contributed by atoms with Crippen LogP contribution < -0.4 is 0 Å². The van der Waals surface area contributed by atoms with Gasteiger partial charge in [0.1, 0.15) is 12.6 Å². The predicted molar refractivity (Wildman–Crippen MR) is 119 cm³/mol. The first-order valence-corrected chi connectivity index (χ1v) is 11.3. The largest absolute Gasteiger partial charge is 0.328 e. The second-order valence-corrected chi connectivity index (χ2v) is 8.94. The Morgan fingerprint density at radius 3 is 2.27 bits per heavy atom. The molecular formula is C25H29ClN2O2. The lowest BCUT2D eigenvalue weighted by Gasteiger charge is -2.43. The normalized spacial score (nSPS) is 21.1. The highest BCUT2D eigenvalue weighted by Gasteiger charge is 2.42. The van der Waals surface area contributed by atoms with Crippen LogP contribution in [0.2, 0.25) is 5.02 Å². The van der Waals surface area contributed by atoms with E-state index in [0.717, 1.165) is 42.4 Å². The molecule has 1 atom stereocenters. The number of hydrogen-bond donors (Lipinski definition) is 0. The number of rotatable bonds is 4. The zero-order chi connectivity index (χ0) is 21.1. The summed E-state index contributed by atoms with van der Waals surface area (Å²) in [6, 6.07) is 15.1. The Balaban J connectivity index is 1.68. The Morgan fingerprint density at radius 1 is 0.933 bits per heavy atom. The van der Waals surface area contributed by atoms with Crippen molar-refractivity contribution in [1.82, 2.24) is 9.80 Å². The highest BCUT2D eigenvalue weighted by atomic mass is 35.5. The number of piperazine rings is 1. The van der Waals surface area contributed by atoms with Crippen LogP contribution in [0.3, 0.4) is 0 Å². The summed E-state index contributed by atoms with van der Waals surface area (Å²) in [4.78, 5) is 30.7. The summed E-state index contributed by atoms with van der Waals surface area (Å²) in [5, 5.41) is 0.617. The zero-order valence-corrected chi connectivity index (χ0v) is 18.3. The van der Waals surface area contributed by atoms with E-state index >= 15 is 0 Å². The van der Waals surface area contributed by atoms with E-state index in [9.17, 15) is 9.59 Å². The average molecular weight is 425 g/mol. The maximum atomic E-state index is 13.8. The van der Waals surface area contributed by atoms with Crippen molar-refractivity contribution in [3.63, 3.8) is 0 Å². The van der Waals surface area contributed by atoms with Crippen molar-refractivity contribution in [3.05, 3.63) is 70.2 Å². The zero-order valence-electron chi connectivity index (χ0n) is 17.5. The molecule has 1 saturated heterocycles. The maximum absolute atomic E-state index is 13.8. The quantitative estimate of drug-likeness (QED) is 0.626. The number of halogens is 1. The highest BCUT2D eigenvalue weighted by molar-refractivity contribution is 6.31. The van der Waals surface area contributed by atoms with Gasteiger partial charge in [0.25, 0.3) is 5.91 Å². The topological polar surface area (TPSA) is 40.6 Å². The molecule has 1 aliphatic carbocycles. The first-order valence-electron chi connectivity index (χ1n) is 10.9. The fraction of sp³-hybridized carbons (Fsp3) is 0.440. The Labute approximate surface area is 183 Å². The summed E-state index contributed by atoms with van der Waals surface area (Å²) in [6.45, 7) is 2.52. The number of hydrogen-bond acceptors (Lipinski definition) is 2. The fourth-order valence-corrected chi connectivity index (χ4v) is 4.88. The minimum Gasteiger partial charge on any atom is -0.328 e. The van der Waals surface area contributed by atoms with Gasteiger partial charge in [0.15, 0.2) is 0 Å². The minimum atomic E-state index is -0.605. The van der Waals surface area contributed by atoms with E-state index in [4.69, 9.17) is 11.6 Å². The van der Waals surface area contributed by atoms with Crippen LogP contribution in [0.1, 0.15) is 61.3 Å². The molecule has 30 heavy (non-hydrogen) atoms. The predicted octanol–water partition coefficient (Wildman–Crippen LogP) is 5.28. The van der Waals surface area contributed by atoms with Gasteiger partial charge in [-0.05, 0) is 37.0 Å². The second-order valence-electron chi connectivity index (χ2n) is 8.54. The lowest BCUT2D eigenvalue weighted by molar-refractivity contribution is -0.159. The van der Waals surface area contributed by atoms with E-state index in [0.29, 0.717) is 11.6 Å². The van der Waals surface area contributed by atoms with Crippen LogP contribution in [0.15, 0.2) is 48.5 Å². The molecule has 0 N–H and O–H groups in total. The molecule has 2 aliphatic rings. The van der Waals surface area contributed by atoms with Gasteiger partial charge in [-0.2, -0.15) is 0 Å². The lowest BCUT2D eigenvalue weighted by atomic mass is 9.96. The summed E-state index contributed by atoms with van der Waals surface area (Å²) in [7, 11) is 0. The molecule has 1 heterocycles. The van der Waals surface area contributed by atoms with E-state index < -0.39 is 6.04 Å². The Kier molecular flexibility index (Phi) is 6.43. The van der Waals surface area contributed by atoms with Crippen LogP contribution in [-0.4, -0.2) is 34.2 Å². The Bertz CT molecular complexity index is 904. The number of benzene rings is 2. The number of aryl methyl sites for hydroxylation is 1. The van der Waals surface area contributed by atoms with Gasteiger partial charge in [-0.25, -0.2) is 0 Å². The summed E-state index contributed by atoms with van der Waals surface area (Å²) >= 11 is 6.38. The fourth-order valence-electron chi connectivity index (χ4n) is 4.69. The Morgan fingerprint density at radius 2 is 1.60 bits per heavy atom. The van der Waals surface area contributed by atoms with Crippen molar-refractivity contribution >= 4 is 23.4 Å². The molecule has 0 radical (unpaired) electrons. The third kappa shape index (κ3) is 4.39. The van der Waals surface area contributed by atoms with E-state index in [1.807, 2.05) is 60.4 Å². The molecule has 2 aromatic carbocycles. The van der Waals surface area contributed by atoms with E-state index in [1.54, 1.807) is 4.90 Å². The van der Waals surface area contributed by atoms with Gasteiger partial charge in [-0.1, -0.05) is 85.3 Å². The van der Waals surface area contributed by atoms with Crippen molar-refractivity contribution < 1.29 is 9.59 Å². The van der Waals surface area contributed by atoms with Crippen molar-refractivity contribution in [3.8, 4) is 0 Å². The van der Waals surface area contributed by atoms with Gasteiger partial charge in [0, 0.05) is 17.6 Å². The molecule has 0 aromatic heterocycles. The van der Waals surface area contributed by atoms with E-state index in [1.165, 1.54) is 12.8 Å². The summed E-state index contributed by atoms with van der Waals surface area (Å²) in [5.41, 5.74) is 2.86. The highest BCUT2D eigenvalue weighted by Crippen LogP contribution is 2.34. The molecule has 2 aromatic rings. The van der Waals surface area contributed by atoms with Gasteiger partial charge < -0.3 is 9.80 Å². The SMILES string of the molecule is Cc1ccc([C@H]2C(=O)N(C3CCCCCC3)CC(=O)N2Cc2ccccc2Cl)cc1. The molecule has 1 aliphatic heterocycles. The molecule has 1 saturated carbocycles. The standard InChI is InChI=1S/C25H29ClN2O2/c1-18-12-14-19(15-13-18)24-25(30)27(21-9-4-2-3-5-10-21)17-23(29)28(24)16-20-8-6-7-11-22(20)26/h6-8,11-15,21,24H,2-5,9-10,16-17H2,1H3/t24-/m0/s1. The second kappa shape index (κ2) is 9.22.